The third-order valence-electron chi connectivity index (χ3n) is 4.51. The summed E-state index contributed by atoms with van der Waals surface area (Å²) in [5.41, 5.74) is 7.12. The van der Waals surface area contributed by atoms with Crippen LogP contribution < -0.4 is 11.1 Å². The van der Waals surface area contributed by atoms with E-state index in [9.17, 15) is 4.79 Å². The van der Waals surface area contributed by atoms with Gasteiger partial charge in [0.25, 0.3) is 0 Å². The fraction of sp³-hybridized carbons (Fsp3) is 0.632. The third kappa shape index (κ3) is 5.96. The van der Waals surface area contributed by atoms with Crippen LogP contribution in [-0.4, -0.2) is 36.5 Å². The molecule has 128 valence electrons. The van der Waals surface area contributed by atoms with Gasteiger partial charge in [-0.1, -0.05) is 44.2 Å². The summed E-state index contributed by atoms with van der Waals surface area (Å²) in [6.45, 7) is 7.69. The summed E-state index contributed by atoms with van der Waals surface area (Å²) < 4.78 is 0. The minimum atomic E-state index is 0.0914. The standard InChI is InChI=1S/C19H31N3O/c1-15(2)11-18(12-20)21-19(23)17-9-6-10-22(14-17)13-16-7-4-3-5-8-16/h3-5,7-8,15,17-18H,6,9-14,20H2,1-2H3,(H,21,23). The van der Waals surface area contributed by atoms with Crippen molar-refractivity contribution in [3.63, 3.8) is 0 Å². The van der Waals surface area contributed by atoms with Crippen LogP contribution in [0, 0.1) is 11.8 Å². The highest BCUT2D eigenvalue weighted by molar-refractivity contribution is 5.79. The summed E-state index contributed by atoms with van der Waals surface area (Å²) >= 11 is 0. The molecule has 1 aliphatic rings. The number of carbonyl (C=O) groups is 1. The van der Waals surface area contributed by atoms with Gasteiger partial charge in [-0.3, -0.25) is 9.69 Å². The second-order valence-electron chi connectivity index (χ2n) is 7.13. The van der Waals surface area contributed by atoms with Gasteiger partial charge in [0.2, 0.25) is 5.91 Å². The van der Waals surface area contributed by atoms with Crippen molar-refractivity contribution < 1.29 is 4.79 Å². The largest absolute Gasteiger partial charge is 0.352 e. The highest BCUT2D eigenvalue weighted by Crippen LogP contribution is 2.19. The number of rotatable bonds is 7. The third-order valence-corrected chi connectivity index (χ3v) is 4.51. The van der Waals surface area contributed by atoms with Crippen LogP contribution in [0.1, 0.15) is 38.7 Å². The van der Waals surface area contributed by atoms with Crippen LogP contribution in [0.3, 0.4) is 0 Å². The number of carbonyl (C=O) groups excluding carboxylic acids is 1. The number of benzene rings is 1. The number of piperidine rings is 1. The van der Waals surface area contributed by atoms with E-state index in [0.717, 1.165) is 38.9 Å². The Morgan fingerprint density at radius 2 is 2.09 bits per heavy atom. The first-order valence-corrected chi connectivity index (χ1v) is 8.85. The average Bonchev–Trinajstić information content (AvgIpc) is 2.55. The zero-order chi connectivity index (χ0) is 16.7. The van der Waals surface area contributed by atoms with Gasteiger partial charge in [-0.15, -0.1) is 0 Å². The fourth-order valence-electron chi connectivity index (χ4n) is 3.36. The van der Waals surface area contributed by atoms with Crippen LogP contribution in [0.2, 0.25) is 0 Å². The molecule has 1 fully saturated rings. The molecule has 3 N–H and O–H groups in total. The van der Waals surface area contributed by atoms with Gasteiger partial charge in [0.1, 0.15) is 0 Å². The van der Waals surface area contributed by atoms with Crippen molar-refractivity contribution >= 4 is 5.91 Å². The topological polar surface area (TPSA) is 58.4 Å². The molecule has 0 radical (unpaired) electrons. The molecule has 0 spiro atoms. The molecule has 2 unspecified atom stereocenters. The monoisotopic (exact) mass is 317 g/mol. The van der Waals surface area contributed by atoms with Crippen LogP contribution >= 0.6 is 0 Å². The van der Waals surface area contributed by atoms with Gasteiger partial charge in [-0.05, 0) is 37.3 Å². The lowest BCUT2D eigenvalue weighted by Gasteiger charge is -2.33. The van der Waals surface area contributed by atoms with E-state index in [2.05, 4.69) is 48.3 Å². The Labute approximate surface area is 140 Å². The molecule has 1 aromatic rings. The molecule has 1 saturated heterocycles. The van der Waals surface area contributed by atoms with Gasteiger partial charge >= 0.3 is 0 Å². The normalized spacial score (nSPS) is 20.4. The molecule has 0 aliphatic carbocycles. The summed E-state index contributed by atoms with van der Waals surface area (Å²) in [6, 6.07) is 10.6. The lowest BCUT2D eigenvalue weighted by molar-refractivity contribution is -0.127. The molecule has 0 saturated carbocycles. The molecule has 1 aromatic carbocycles. The molecule has 23 heavy (non-hydrogen) atoms. The Morgan fingerprint density at radius 3 is 2.74 bits per heavy atom. The molecule has 0 bridgehead atoms. The Bertz CT molecular complexity index is 475. The zero-order valence-corrected chi connectivity index (χ0v) is 14.5. The maximum absolute atomic E-state index is 12.6. The molecular weight excluding hydrogens is 286 g/mol. The van der Waals surface area contributed by atoms with Gasteiger partial charge in [0.05, 0.1) is 5.92 Å². The van der Waals surface area contributed by atoms with E-state index in [-0.39, 0.29) is 17.9 Å². The summed E-state index contributed by atoms with van der Waals surface area (Å²) in [5.74, 6) is 0.817. The van der Waals surface area contributed by atoms with Crippen molar-refractivity contribution in [2.24, 2.45) is 17.6 Å². The van der Waals surface area contributed by atoms with E-state index in [1.165, 1.54) is 5.56 Å². The SMILES string of the molecule is CC(C)CC(CN)NC(=O)C1CCCN(Cc2ccccc2)C1. The van der Waals surface area contributed by atoms with Gasteiger partial charge in [0.15, 0.2) is 0 Å². The van der Waals surface area contributed by atoms with E-state index in [1.807, 2.05) is 6.07 Å². The molecule has 2 rings (SSSR count). The Hall–Kier alpha value is -1.39. The molecule has 4 nitrogen and oxygen atoms in total. The van der Waals surface area contributed by atoms with Crippen LogP contribution in [0.15, 0.2) is 30.3 Å². The van der Waals surface area contributed by atoms with E-state index < -0.39 is 0 Å². The number of hydrogen-bond acceptors (Lipinski definition) is 3. The predicted molar refractivity (Wildman–Crippen MR) is 94.9 cm³/mol. The summed E-state index contributed by atoms with van der Waals surface area (Å²) in [5, 5.41) is 3.16. The van der Waals surface area contributed by atoms with Gasteiger partial charge in [0, 0.05) is 25.7 Å². The number of hydrogen-bond donors (Lipinski definition) is 2. The quantitative estimate of drug-likeness (QED) is 0.812. The van der Waals surface area contributed by atoms with Crippen LogP contribution in [0.25, 0.3) is 0 Å². The van der Waals surface area contributed by atoms with Crippen LogP contribution in [0.4, 0.5) is 0 Å². The summed E-state index contributed by atoms with van der Waals surface area (Å²) in [4.78, 5) is 14.9. The van der Waals surface area contributed by atoms with Gasteiger partial charge in [-0.2, -0.15) is 0 Å². The minimum absolute atomic E-state index is 0.0914. The van der Waals surface area contributed by atoms with Crippen LogP contribution in [0.5, 0.6) is 0 Å². The van der Waals surface area contributed by atoms with Gasteiger partial charge in [-0.25, -0.2) is 0 Å². The smallest absolute Gasteiger partial charge is 0.224 e. The Kier molecular flexibility index (Phi) is 7.06. The Balaban J connectivity index is 1.86. The van der Waals surface area contributed by atoms with E-state index in [4.69, 9.17) is 5.73 Å². The lowest BCUT2D eigenvalue weighted by atomic mass is 9.95. The lowest BCUT2D eigenvalue weighted by Crippen LogP contribution is -2.48. The molecular formula is C19H31N3O. The molecule has 4 heteroatoms. The second kappa shape index (κ2) is 9.04. The summed E-state index contributed by atoms with van der Waals surface area (Å²) in [7, 11) is 0. The van der Waals surface area contributed by atoms with Crippen molar-refractivity contribution in [1.29, 1.82) is 0 Å². The first-order valence-electron chi connectivity index (χ1n) is 8.85. The van der Waals surface area contributed by atoms with E-state index in [0.29, 0.717) is 12.5 Å². The van der Waals surface area contributed by atoms with Crippen LogP contribution in [-0.2, 0) is 11.3 Å². The van der Waals surface area contributed by atoms with Crippen molar-refractivity contribution in [1.82, 2.24) is 10.2 Å². The van der Waals surface area contributed by atoms with E-state index >= 15 is 0 Å². The minimum Gasteiger partial charge on any atom is -0.352 e. The van der Waals surface area contributed by atoms with Crippen molar-refractivity contribution in [3.8, 4) is 0 Å². The van der Waals surface area contributed by atoms with E-state index in [1.54, 1.807) is 0 Å². The summed E-state index contributed by atoms with van der Waals surface area (Å²) in [6.07, 6.45) is 3.02. The maximum Gasteiger partial charge on any atom is 0.224 e. The number of likely N-dealkylation sites (tertiary alicyclic amines) is 1. The highest BCUT2D eigenvalue weighted by Gasteiger charge is 2.27. The van der Waals surface area contributed by atoms with Crippen molar-refractivity contribution in [2.45, 2.75) is 45.7 Å². The number of amides is 1. The molecule has 0 aromatic heterocycles. The highest BCUT2D eigenvalue weighted by atomic mass is 16.2. The molecule has 1 amide bonds. The molecule has 1 heterocycles. The fourth-order valence-corrected chi connectivity index (χ4v) is 3.36. The second-order valence-corrected chi connectivity index (χ2v) is 7.13. The van der Waals surface area contributed by atoms with Gasteiger partial charge < -0.3 is 11.1 Å². The zero-order valence-electron chi connectivity index (χ0n) is 14.5. The molecule has 2 atom stereocenters. The molecule has 1 aliphatic heterocycles. The first kappa shape index (κ1) is 18.0. The average molecular weight is 317 g/mol. The van der Waals surface area contributed by atoms with Crippen molar-refractivity contribution in [3.05, 3.63) is 35.9 Å². The predicted octanol–water partition coefficient (Wildman–Crippen LogP) is 2.39. The number of nitrogens with two attached hydrogens (primary N) is 1. The first-order chi connectivity index (χ1) is 11.1. The van der Waals surface area contributed by atoms with Crippen molar-refractivity contribution in [2.75, 3.05) is 19.6 Å². The number of nitrogens with one attached hydrogen (secondary N) is 1. The maximum atomic E-state index is 12.6. The Morgan fingerprint density at radius 1 is 1.35 bits per heavy atom. The number of nitrogens with zero attached hydrogens (tertiary/aromatic N) is 1.